The van der Waals surface area contributed by atoms with Crippen LogP contribution in [0.15, 0.2) is 36.5 Å². The molecule has 144 valence electrons. The summed E-state index contributed by atoms with van der Waals surface area (Å²) in [5.41, 5.74) is 4.05. The number of H-pyrrole nitrogens is 1. The molecule has 1 saturated heterocycles. The monoisotopic (exact) mass is 375 g/mol. The van der Waals surface area contributed by atoms with E-state index in [4.69, 9.17) is 4.98 Å². The fourth-order valence-electron chi connectivity index (χ4n) is 4.03. The first kappa shape index (κ1) is 17.2. The van der Waals surface area contributed by atoms with Gasteiger partial charge in [0.15, 0.2) is 0 Å². The molecule has 0 bridgehead atoms. The quantitative estimate of drug-likeness (QED) is 0.731. The number of para-hydroxylation sites is 1. The number of hydrogen-bond acceptors (Lipinski definition) is 4. The number of amides is 1. The minimum absolute atomic E-state index is 0.00692. The maximum absolute atomic E-state index is 12.4. The normalized spacial score (nSPS) is 19.8. The van der Waals surface area contributed by atoms with Crippen LogP contribution in [0.25, 0.3) is 11.0 Å². The van der Waals surface area contributed by atoms with E-state index in [1.54, 1.807) is 12.3 Å². The second-order valence-electron chi connectivity index (χ2n) is 8.03. The number of piperidine rings is 1. The van der Waals surface area contributed by atoms with Crippen LogP contribution in [0.3, 0.4) is 0 Å². The Morgan fingerprint density at radius 1 is 1.25 bits per heavy atom. The van der Waals surface area contributed by atoms with Gasteiger partial charge in [0, 0.05) is 36.8 Å². The van der Waals surface area contributed by atoms with Crippen molar-refractivity contribution in [1.29, 1.82) is 0 Å². The SMILES string of the molecule is Cc1cccc2[nH]c(C3CCCN(c4cc(C(=O)NC5CC5)ccn4)C3)nc12. The molecule has 2 N–H and O–H groups in total. The average Bonchev–Trinajstić information content (AvgIpc) is 3.42. The molecule has 1 saturated carbocycles. The van der Waals surface area contributed by atoms with E-state index in [0.717, 1.165) is 61.4 Å². The van der Waals surface area contributed by atoms with Gasteiger partial charge in [0.2, 0.25) is 0 Å². The molecule has 6 heteroatoms. The van der Waals surface area contributed by atoms with Crippen molar-refractivity contribution < 1.29 is 4.79 Å². The topological polar surface area (TPSA) is 73.9 Å². The number of fused-ring (bicyclic) bond motifs is 1. The lowest BCUT2D eigenvalue weighted by Crippen LogP contribution is -2.35. The number of nitrogens with zero attached hydrogens (tertiary/aromatic N) is 3. The van der Waals surface area contributed by atoms with E-state index in [2.05, 4.69) is 45.3 Å². The summed E-state index contributed by atoms with van der Waals surface area (Å²) in [7, 11) is 0. The van der Waals surface area contributed by atoms with E-state index in [0.29, 0.717) is 17.5 Å². The molecular weight excluding hydrogens is 350 g/mol. The van der Waals surface area contributed by atoms with Gasteiger partial charge in [0.1, 0.15) is 11.6 Å². The molecule has 0 radical (unpaired) electrons. The van der Waals surface area contributed by atoms with Gasteiger partial charge in [-0.3, -0.25) is 4.79 Å². The van der Waals surface area contributed by atoms with Gasteiger partial charge < -0.3 is 15.2 Å². The molecule has 28 heavy (non-hydrogen) atoms. The number of aromatic nitrogens is 3. The lowest BCUT2D eigenvalue weighted by Gasteiger charge is -2.32. The number of rotatable bonds is 4. The van der Waals surface area contributed by atoms with Crippen molar-refractivity contribution in [2.45, 2.75) is 44.6 Å². The predicted molar refractivity (Wildman–Crippen MR) is 110 cm³/mol. The van der Waals surface area contributed by atoms with Crippen molar-refractivity contribution in [2.75, 3.05) is 18.0 Å². The predicted octanol–water partition coefficient (Wildman–Crippen LogP) is 3.54. The summed E-state index contributed by atoms with van der Waals surface area (Å²) in [5.74, 6) is 2.27. The van der Waals surface area contributed by atoms with Crippen molar-refractivity contribution >= 4 is 22.8 Å². The van der Waals surface area contributed by atoms with Crippen LogP contribution in [0.1, 0.15) is 53.3 Å². The molecular formula is C22H25N5O. The smallest absolute Gasteiger partial charge is 0.251 e. The van der Waals surface area contributed by atoms with E-state index in [-0.39, 0.29) is 5.91 Å². The summed E-state index contributed by atoms with van der Waals surface area (Å²) in [5, 5.41) is 3.05. The summed E-state index contributed by atoms with van der Waals surface area (Å²) in [6, 6.07) is 10.3. The molecule has 1 atom stereocenters. The molecule has 1 aromatic carbocycles. The number of aryl methyl sites for hydroxylation is 1. The molecule has 1 aliphatic carbocycles. The minimum Gasteiger partial charge on any atom is -0.356 e. The summed E-state index contributed by atoms with van der Waals surface area (Å²) < 4.78 is 0. The van der Waals surface area contributed by atoms with E-state index in [1.165, 1.54) is 5.56 Å². The zero-order valence-corrected chi connectivity index (χ0v) is 16.1. The highest BCUT2D eigenvalue weighted by atomic mass is 16.1. The van der Waals surface area contributed by atoms with Gasteiger partial charge >= 0.3 is 0 Å². The number of carbonyl (C=O) groups is 1. The molecule has 5 rings (SSSR count). The van der Waals surface area contributed by atoms with Gasteiger partial charge in [-0.15, -0.1) is 0 Å². The fraction of sp³-hybridized carbons (Fsp3) is 0.409. The zero-order valence-electron chi connectivity index (χ0n) is 16.1. The maximum Gasteiger partial charge on any atom is 0.251 e. The van der Waals surface area contributed by atoms with Gasteiger partial charge in [-0.1, -0.05) is 12.1 Å². The number of imidazole rings is 1. The first-order valence-electron chi connectivity index (χ1n) is 10.1. The van der Waals surface area contributed by atoms with E-state index in [1.807, 2.05) is 6.07 Å². The van der Waals surface area contributed by atoms with Crippen LogP contribution >= 0.6 is 0 Å². The lowest BCUT2D eigenvalue weighted by atomic mass is 9.97. The third kappa shape index (κ3) is 3.35. The summed E-state index contributed by atoms with van der Waals surface area (Å²) in [4.78, 5) is 27.6. The lowest BCUT2D eigenvalue weighted by molar-refractivity contribution is 0.0951. The molecule has 0 spiro atoms. The Hall–Kier alpha value is -2.89. The Morgan fingerprint density at radius 2 is 2.14 bits per heavy atom. The highest BCUT2D eigenvalue weighted by molar-refractivity contribution is 5.95. The van der Waals surface area contributed by atoms with Crippen LogP contribution in [-0.4, -0.2) is 40.0 Å². The van der Waals surface area contributed by atoms with Gasteiger partial charge in [-0.2, -0.15) is 0 Å². The first-order chi connectivity index (χ1) is 13.7. The molecule has 2 aromatic heterocycles. The molecule has 6 nitrogen and oxygen atoms in total. The van der Waals surface area contributed by atoms with Gasteiger partial charge in [-0.25, -0.2) is 9.97 Å². The maximum atomic E-state index is 12.4. The highest BCUT2D eigenvalue weighted by Crippen LogP contribution is 2.30. The van der Waals surface area contributed by atoms with Crippen LogP contribution in [0, 0.1) is 6.92 Å². The number of benzene rings is 1. The Labute approximate surface area is 164 Å². The fourth-order valence-corrected chi connectivity index (χ4v) is 4.03. The Kier molecular flexibility index (Phi) is 4.26. The molecule has 1 aliphatic heterocycles. The van der Waals surface area contributed by atoms with Crippen molar-refractivity contribution in [2.24, 2.45) is 0 Å². The molecule has 3 aromatic rings. The number of hydrogen-bond donors (Lipinski definition) is 2. The molecule has 2 aliphatic rings. The summed E-state index contributed by atoms with van der Waals surface area (Å²) in [6.07, 6.45) is 6.12. The molecule has 1 unspecified atom stereocenters. The van der Waals surface area contributed by atoms with Crippen LogP contribution in [0.5, 0.6) is 0 Å². The third-order valence-corrected chi connectivity index (χ3v) is 5.79. The molecule has 3 heterocycles. The Balaban J connectivity index is 1.36. The van der Waals surface area contributed by atoms with Gasteiger partial charge in [0.25, 0.3) is 5.91 Å². The molecule has 1 amide bonds. The van der Waals surface area contributed by atoms with Crippen LogP contribution in [-0.2, 0) is 0 Å². The largest absolute Gasteiger partial charge is 0.356 e. The average molecular weight is 375 g/mol. The van der Waals surface area contributed by atoms with Crippen molar-refractivity contribution in [1.82, 2.24) is 20.3 Å². The number of pyridine rings is 1. The van der Waals surface area contributed by atoms with Gasteiger partial charge in [0.05, 0.1) is 11.0 Å². The van der Waals surface area contributed by atoms with Crippen molar-refractivity contribution in [3.8, 4) is 0 Å². The first-order valence-corrected chi connectivity index (χ1v) is 10.1. The highest BCUT2D eigenvalue weighted by Gasteiger charge is 2.27. The number of aromatic amines is 1. The standard InChI is InChI=1S/C22H25N5O/c1-14-4-2-6-18-20(14)26-21(25-18)16-5-3-11-27(13-16)19-12-15(9-10-23-19)22(28)24-17-7-8-17/h2,4,6,9-10,12,16-17H,3,5,7-8,11,13H2,1H3,(H,24,28)(H,25,26). The van der Waals surface area contributed by atoms with Crippen molar-refractivity contribution in [3.63, 3.8) is 0 Å². The Bertz CT molecular complexity index is 1020. The van der Waals surface area contributed by atoms with Crippen LogP contribution in [0.4, 0.5) is 5.82 Å². The van der Waals surface area contributed by atoms with Crippen LogP contribution < -0.4 is 10.2 Å². The van der Waals surface area contributed by atoms with Crippen LogP contribution in [0.2, 0.25) is 0 Å². The second-order valence-corrected chi connectivity index (χ2v) is 8.03. The number of anilines is 1. The summed E-state index contributed by atoms with van der Waals surface area (Å²) >= 11 is 0. The number of nitrogens with one attached hydrogen (secondary N) is 2. The zero-order chi connectivity index (χ0) is 19.1. The van der Waals surface area contributed by atoms with E-state index < -0.39 is 0 Å². The number of carbonyl (C=O) groups excluding carboxylic acids is 1. The van der Waals surface area contributed by atoms with E-state index in [9.17, 15) is 4.79 Å². The summed E-state index contributed by atoms with van der Waals surface area (Å²) in [6.45, 7) is 3.91. The van der Waals surface area contributed by atoms with E-state index >= 15 is 0 Å². The van der Waals surface area contributed by atoms with Gasteiger partial charge in [-0.05, 0) is 56.4 Å². The second kappa shape index (κ2) is 6.93. The third-order valence-electron chi connectivity index (χ3n) is 5.79. The van der Waals surface area contributed by atoms with Crippen molar-refractivity contribution in [3.05, 3.63) is 53.5 Å². The molecule has 2 fully saturated rings. The minimum atomic E-state index is 0.00692. The Morgan fingerprint density at radius 3 is 2.96 bits per heavy atom.